The van der Waals surface area contributed by atoms with Crippen LogP contribution in [0.25, 0.3) is 5.69 Å². The standard InChI is InChI=1S/C14H17N5O3/c1-3-14(2,13(21)22)16-12(20)8-10-4-6-11(7-5-10)19-9-15-17-18-19/h4-7,9H,3,8H2,1-2H3,(H,16,20)(H,21,22). The predicted molar refractivity (Wildman–Crippen MR) is 77.3 cm³/mol. The van der Waals surface area contributed by atoms with E-state index in [1.165, 1.54) is 17.9 Å². The molecule has 116 valence electrons. The SMILES string of the molecule is CCC(C)(NC(=O)Cc1ccc(-n2cnnn2)cc1)C(=O)O. The van der Waals surface area contributed by atoms with Crippen molar-refractivity contribution in [2.24, 2.45) is 0 Å². The van der Waals surface area contributed by atoms with Gasteiger partial charge in [0.25, 0.3) is 0 Å². The third-order valence-corrected chi connectivity index (χ3v) is 3.51. The monoisotopic (exact) mass is 303 g/mol. The van der Waals surface area contributed by atoms with Gasteiger partial charge in [-0.15, -0.1) is 5.10 Å². The molecule has 1 unspecified atom stereocenters. The molecule has 0 spiro atoms. The lowest BCUT2D eigenvalue weighted by molar-refractivity contribution is -0.146. The Labute approximate surface area is 127 Å². The summed E-state index contributed by atoms with van der Waals surface area (Å²) in [7, 11) is 0. The van der Waals surface area contributed by atoms with E-state index in [2.05, 4.69) is 20.8 Å². The predicted octanol–water partition coefficient (Wildman–Crippen LogP) is 0.574. The van der Waals surface area contributed by atoms with Crippen molar-refractivity contribution < 1.29 is 14.7 Å². The average Bonchev–Trinajstić information content (AvgIpc) is 3.01. The molecule has 0 radical (unpaired) electrons. The van der Waals surface area contributed by atoms with Crippen molar-refractivity contribution in [1.29, 1.82) is 0 Å². The zero-order chi connectivity index (χ0) is 16.2. The second-order valence-electron chi connectivity index (χ2n) is 5.14. The van der Waals surface area contributed by atoms with Gasteiger partial charge < -0.3 is 10.4 Å². The van der Waals surface area contributed by atoms with Gasteiger partial charge in [0.1, 0.15) is 11.9 Å². The van der Waals surface area contributed by atoms with Crippen molar-refractivity contribution in [2.75, 3.05) is 0 Å². The van der Waals surface area contributed by atoms with Gasteiger partial charge in [-0.2, -0.15) is 0 Å². The number of hydrogen-bond donors (Lipinski definition) is 2. The molecule has 0 saturated heterocycles. The van der Waals surface area contributed by atoms with Crippen molar-refractivity contribution in [3.8, 4) is 5.69 Å². The Bertz CT molecular complexity index is 654. The Balaban J connectivity index is 2.02. The van der Waals surface area contributed by atoms with Crippen LogP contribution in [0.3, 0.4) is 0 Å². The number of benzene rings is 1. The Morgan fingerprint density at radius 2 is 2.00 bits per heavy atom. The van der Waals surface area contributed by atoms with E-state index in [9.17, 15) is 9.59 Å². The summed E-state index contributed by atoms with van der Waals surface area (Å²) < 4.78 is 1.50. The molecule has 1 aromatic heterocycles. The molecule has 2 N–H and O–H groups in total. The van der Waals surface area contributed by atoms with Gasteiger partial charge in [-0.3, -0.25) is 4.79 Å². The van der Waals surface area contributed by atoms with Crippen molar-refractivity contribution in [3.63, 3.8) is 0 Å². The maximum atomic E-state index is 12.0. The molecule has 1 heterocycles. The number of carbonyl (C=O) groups excluding carboxylic acids is 1. The first-order valence-corrected chi connectivity index (χ1v) is 6.81. The van der Waals surface area contributed by atoms with E-state index in [0.717, 1.165) is 11.3 Å². The molecule has 0 fully saturated rings. The van der Waals surface area contributed by atoms with Crippen LogP contribution in [-0.2, 0) is 16.0 Å². The molecule has 2 aromatic rings. The molecule has 1 amide bonds. The van der Waals surface area contributed by atoms with E-state index in [-0.39, 0.29) is 12.3 Å². The maximum Gasteiger partial charge on any atom is 0.329 e. The van der Waals surface area contributed by atoms with Crippen LogP contribution in [0.5, 0.6) is 0 Å². The van der Waals surface area contributed by atoms with Crippen molar-refractivity contribution in [2.45, 2.75) is 32.2 Å². The van der Waals surface area contributed by atoms with Crippen LogP contribution >= 0.6 is 0 Å². The van der Waals surface area contributed by atoms with Gasteiger partial charge in [0, 0.05) is 0 Å². The van der Waals surface area contributed by atoms with Crippen molar-refractivity contribution in [1.82, 2.24) is 25.5 Å². The van der Waals surface area contributed by atoms with Gasteiger partial charge in [-0.25, -0.2) is 9.48 Å². The molecule has 0 aliphatic heterocycles. The number of tetrazole rings is 1. The van der Waals surface area contributed by atoms with Crippen LogP contribution in [0.2, 0.25) is 0 Å². The zero-order valence-corrected chi connectivity index (χ0v) is 12.4. The van der Waals surface area contributed by atoms with Crippen molar-refractivity contribution >= 4 is 11.9 Å². The number of amides is 1. The average molecular weight is 303 g/mol. The summed E-state index contributed by atoms with van der Waals surface area (Å²) in [5, 5.41) is 22.6. The van der Waals surface area contributed by atoms with E-state index < -0.39 is 11.5 Å². The lowest BCUT2D eigenvalue weighted by Crippen LogP contribution is -2.52. The first kappa shape index (κ1) is 15.6. The summed E-state index contributed by atoms with van der Waals surface area (Å²) in [6.45, 7) is 3.21. The third kappa shape index (κ3) is 3.46. The molecule has 0 aliphatic rings. The third-order valence-electron chi connectivity index (χ3n) is 3.51. The first-order chi connectivity index (χ1) is 10.4. The molecular formula is C14H17N5O3. The minimum Gasteiger partial charge on any atom is -0.480 e. The highest BCUT2D eigenvalue weighted by Gasteiger charge is 2.32. The number of aromatic nitrogens is 4. The minimum absolute atomic E-state index is 0.110. The van der Waals surface area contributed by atoms with Crippen LogP contribution in [0.4, 0.5) is 0 Å². The van der Waals surface area contributed by atoms with Crippen LogP contribution in [0.15, 0.2) is 30.6 Å². The fraction of sp³-hybridized carbons (Fsp3) is 0.357. The molecule has 8 nitrogen and oxygen atoms in total. The van der Waals surface area contributed by atoms with Crippen molar-refractivity contribution in [3.05, 3.63) is 36.2 Å². The molecule has 2 rings (SSSR count). The lowest BCUT2D eigenvalue weighted by Gasteiger charge is -2.24. The summed E-state index contributed by atoms with van der Waals surface area (Å²) in [4.78, 5) is 23.2. The second-order valence-corrected chi connectivity index (χ2v) is 5.14. The van der Waals surface area contributed by atoms with E-state index in [0.29, 0.717) is 6.42 Å². The highest BCUT2D eigenvalue weighted by molar-refractivity contribution is 5.87. The fourth-order valence-electron chi connectivity index (χ4n) is 1.88. The number of hydrogen-bond acceptors (Lipinski definition) is 5. The molecule has 1 aromatic carbocycles. The molecule has 1 atom stereocenters. The van der Waals surface area contributed by atoms with Crippen LogP contribution in [0.1, 0.15) is 25.8 Å². The summed E-state index contributed by atoms with van der Waals surface area (Å²) in [5.74, 6) is -1.38. The normalized spacial score (nSPS) is 13.4. The highest BCUT2D eigenvalue weighted by atomic mass is 16.4. The number of rotatable bonds is 6. The van der Waals surface area contributed by atoms with E-state index in [1.807, 2.05) is 0 Å². The molecule has 22 heavy (non-hydrogen) atoms. The fourth-order valence-corrected chi connectivity index (χ4v) is 1.88. The number of aliphatic carboxylic acids is 1. The molecule has 0 bridgehead atoms. The minimum atomic E-state index is -1.25. The largest absolute Gasteiger partial charge is 0.480 e. The van der Waals surface area contributed by atoms with Gasteiger partial charge in [-0.1, -0.05) is 19.1 Å². The topological polar surface area (TPSA) is 110 Å². The molecule has 0 aliphatic carbocycles. The summed E-state index contributed by atoms with van der Waals surface area (Å²) in [6, 6.07) is 7.13. The first-order valence-electron chi connectivity index (χ1n) is 6.81. The Morgan fingerprint density at radius 3 is 2.50 bits per heavy atom. The van der Waals surface area contributed by atoms with Crippen LogP contribution in [0, 0.1) is 0 Å². The van der Waals surface area contributed by atoms with Gasteiger partial charge in [0.05, 0.1) is 12.1 Å². The quantitative estimate of drug-likeness (QED) is 0.807. The van der Waals surface area contributed by atoms with Gasteiger partial charge in [-0.05, 0) is 41.5 Å². The summed E-state index contributed by atoms with van der Waals surface area (Å²) in [6.07, 6.45) is 1.90. The summed E-state index contributed by atoms with van der Waals surface area (Å²) >= 11 is 0. The summed E-state index contributed by atoms with van der Waals surface area (Å²) in [5.41, 5.74) is 0.305. The lowest BCUT2D eigenvalue weighted by atomic mass is 9.98. The van der Waals surface area contributed by atoms with Gasteiger partial charge in [0.2, 0.25) is 5.91 Å². The van der Waals surface area contributed by atoms with Gasteiger partial charge >= 0.3 is 5.97 Å². The Morgan fingerprint density at radius 1 is 1.32 bits per heavy atom. The van der Waals surface area contributed by atoms with E-state index in [4.69, 9.17) is 5.11 Å². The second kappa shape index (κ2) is 6.33. The maximum absolute atomic E-state index is 12.0. The zero-order valence-electron chi connectivity index (χ0n) is 12.4. The Hall–Kier alpha value is -2.77. The number of carboxylic acids is 1. The molecular weight excluding hydrogens is 286 g/mol. The number of carboxylic acid groups (broad SMARTS) is 1. The van der Waals surface area contributed by atoms with Crippen LogP contribution in [-0.4, -0.2) is 42.7 Å². The van der Waals surface area contributed by atoms with Crippen LogP contribution < -0.4 is 5.32 Å². The molecule has 8 heteroatoms. The number of carbonyl (C=O) groups is 2. The smallest absolute Gasteiger partial charge is 0.329 e. The Kier molecular flexibility index (Phi) is 4.50. The highest BCUT2D eigenvalue weighted by Crippen LogP contribution is 2.12. The number of nitrogens with zero attached hydrogens (tertiary/aromatic N) is 4. The number of nitrogens with one attached hydrogen (secondary N) is 1. The van der Waals surface area contributed by atoms with Gasteiger partial charge in [0.15, 0.2) is 0 Å². The van der Waals surface area contributed by atoms with E-state index in [1.54, 1.807) is 31.2 Å². The molecule has 0 saturated carbocycles. The van der Waals surface area contributed by atoms with E-state index >= 15 is 0 Å².